The monoisotopic (exact) mass is 487 g/mol. The molecule has 0 unspecified atom stereocenters. The molecule has 0 radical (unpaired) electrons. The van der Waals surface area contributed by atoms with E-state index in [4.69, 9.17) is 0 Å². The van der Waals surface area contributed by atoms with Crippen molar-refractivity contribution in [3.05, 3.63) is 87.3 Å². The van der Waals surface area contributed by atoms with Gasteiger partial charge < -0.3 is 14.8 Å². The van der Waals surface area contributed by atoms with E-state index in [1.54, 1.807) is 7.05 Å². The van der Waals surface area contributed by atoms with Crippen LogP contribution in [0.3, 0.4) is 0 Å². The smallest absolute Gasteiger partial charge is 0.332 e. The number of nitrogens with one attached hydrogen (secondary N) is 1. The summed E-state index contributed by atoms with van der Waals surface area (Å²) in [7, 11) is 2.96. The van der Waals surface area contributed by atoms with E-state index in [1.807, 2.05) is 30.3 Å². The Hall–Kier alpha value is -4.18. The molecule has 0 aliphatic carbocycles. The summed E-state index contributed by atoms with van der Waals surface area (Å²) >= 11 is 0. The van der Waals surface area contributed by atoms with Crippen LogP contribution in [-0.2, 0) is 32.0 Å². The number of carbonyl (C=O) groups excluding carboxylic acids is 1. The van der Waals surface area contributed by atoms with Crippen LogP contribution in [0.25, 0.3) is 11.2 Å². The molecule has 10 heteroatoms. The molecule has 1 saturated heterocycles. The summed E-state index contributed by atoms with van der Waals surface area (Å²) in [5.74, 6) is -0.285. The lowest BCUT2D eigenvalue weighted by Crippen LogP contribution is -2.45. The number of hydrogen-bond donors (Lipinski definition) is 1. The van der Waals surface area contributed by atoms with Gasteiger partial charge in [0.05, 0.1) is 6.33 Å². The van der Waals surface area contributed by atoms with Crippen molar-refractivity contribution in [1.82, 2.24) is 23.6 Å². The van der Waals surface area contributed by atoms with Crippen molar-refractivity contribution in [2.75, 3.05) is 36.4 Å². The zero-order valence-corrected chi connectivity index (χ0v) is 20.4. The fraction of sp³-hybridized carbons (Fsp3) is 0.308. The van der Waals surface area contributed by atoms with Crippen molar-refractivity contribution >= 4 is 28.4 Å². The van der Waals surface area contributed by atoms with Crippen LogP contribution < -0.4 is 21.5 Å². The van der Waals surface area contributed by atoms with Gasteiger partial charge in [0.25, 0.3) is 5.56 Å². The Kier molecular flexibility index (Phi) is 6.43. The summed E-state index contributed by atoms with van der Waals surface area (Å²) < 4.78 is 3.78. The topological polar surface area (TPSA) is 97.4 Å². The van der Waals surface area contributed by atoms with Gasteiger partial charge in [0.2, 0.25) is 5.91 Å². The average Bonchev–Trinajstić information content (AvgIpc) is 3.31. The molecular weight excluding hydrogens is 458 g/mol. The van der Waals surface area contributed by atoms with Crippen LogP contribution in [0, 0.1) is 0 Å². The van der Waals surface area contributed by atoms with E-state index in [-0.39, 0.29) is 23.6 Å². The van der Waals surface area contributed by atoms with Gasteiger partial charge in [-0.25, -0.2) is 9.78 Å². The molecule has 10 nitrogen and oxygen atoms in total. The molecule has 1 fully saturated rings. The van der Waals surface area contributed by atoms with Gasteiger partial charge in [-0.15, -0.1) is 0 Å². The van der Waals surface area contributed by atoms with Gasteiger partial charge in [-0.3, -0.25) is 23.6 Å². The standard InChI is InChI=1S/C26H29N7O3/c1-29-24-23(25(35)30(2)26(29)36)33(18-27-24)17-22(34)28-20-8-10-21(11-9-20)32-14-12-31(13-15-32)16-19-6-4-3-5-7-19/h3-11,18H,12-17H2,1-2H3,(H,28,34). The van der Waals surface area contributed by atoms with E-state index < -0.39 is 11.2 Å². The van der Waals surface area contributed by atoms with E-state index in [1.165, 1.54) is 28.1 Å². The Morgan fingerprint density at radius 2 is 1.61 bits per heavy atom. The first-order valence-electron chi connectivity index (χ1n) is 11.9. The van der Waals surface area contributed by atoms with Gasteiger partial charge in [0.1, 0.15) is 6.54 Å². The van der Waals surface area contributed by atoms with Gasteiger partial charge in [-0.05, 0) is 29.8 Å². The van der Waals surface area contributed by atoms with E-state index in [0.29, 0.717) is 5.69 Å². The first kappa shape index (κ1) is 23.6. The van der Waals surface area contributed by atoms with E-state index in [9.17, 15) is 14.4 Å². The van der Waals surface area contributed by atoms with Crippen LogP contribution in [0.5, 0.6) is 0 Å². The van der Waals surface area contributed by atoms with Crippen LogP contribution in [0.4, 0.5) is 11.4 Å². The summed E-state index contributed by atoms with van der Waals surface area (Å²) in [5, 5.41) is 2.88. The third-order valence-corrected chi connectivity index (χ3v) is 6.67. The number of piperazine rings is 1. The highest BCUT2D eigenvalue weighted by atomic mass is 16.2. The number of carbonyl (C=O) groups is 1. The number of fused-ring (bicyclic) bond motifs is 1. The molecule has 1 aliphatic heterocycles. The maximum absolute atomic E-state index is 12.7. The molecule has 36 heavy (non-hydrogen) atoms. The summed E-state index contributed by atoms with van der Waals surface area (Å²) in [6.45, 7) is 4.77. The van der Waals surface area contributed by atoms with Gasteiger partial charge in [0, 0.05) is 58.2 Å². The van der Waals surface area contributed by atoms with Gasteiger partial charge in [0.15, 0.2) is 11.2 Å². The lowest BCUT2D eigenvalue weighted by molar-refractivity contribution is -0.116. The maximum atomic E-state index is 12.7. The minimum atomic E-state index is -0.480. The minimum absolute atomic E-state index is 0.0882. The molecule has 3 heterocycles. The van der Waals surface area contributed by atoms with E-state index in [2.05, 4.69) is 44.4 Å². The molecule has 0 atom stereocenters. The molecule has 4 aromatic rings. The Morgan fingerprint density at radius 1 is 0.917 bits per heavy atom. The average molecular weight is 488 g/mol. The molecule has 2 aromatic heterocycles. The molecular formula is C26H29N7O3. The minimum Gasteiger partial charge on any atom is -0.369 e. The van der Waals surface area contributed by atoms with Crippen molar-refractivity contribution in [3.63, 3.8) is 0 Å². The Balaban J connectivity index is 1.19. The largest absolute Gasteiger partial charge is 0.369 e. The van der Waals surface area contributed by atoms with Gasteiger partial charge in [-0.1, -0.05) is 30.3 Å². The van der Waals surface area contributed by atoms with E-state index in [0.717, 1.165) is 43.0 Å². The van der Waals surface area contributed by atoms with Crippen LogP contribution in [0.1, 0.15) is 5.56 Å². The van der Waals surface area contributed by atoms with Gasteiger partial charge >= 0.3 is 5.69 Å². The van der Waals surface area contributed by atoms with Crippen molar-refractivity contribution in [2.24, 2.45) is 14.1 Å². The molecule has 1 aliphatic rings. The summed E-state index contributed by atoms with van der Waals surface area (Å²) in [4.78, 5) is 46.3. The number of imidazole rings is 1. The lowest BCUT2D eigenvalue weighted by Gasteiger charge is -2.36. The molecule has 0 spiro atoms. The Bertz CT molecular complexity index is 1500. The first-order chi connectivity index (χ1) is 17.4. The predicted octanol–water partition coefficient (Wildman–Crippen LogP) is 1.39. The Morgan fingerprint density at radius 3 is 2.31 bits per heavy atom. The van der Waals surface area contributed by atoms with E-state index >= 15 is 0 Å². The summed E-state index contributed by atoms with van der Waals surface area (Å²) in [5.41, 5.74) is 2.67. The number of aryl methyl sites for hydroxylation is 1. The zero-order valence-electron chi connectivity index (χ0n) is 20.4. The highest BCUT2D eigenvalue weighted by Gasteiger charge is 2.18. The fourth-order valence-corrected chi connectivity index (χ4v) is 4.63. The maximum Gasteiger partial charge on any atom is 0.332 e. The second-order valence-electron chi connectivity index (χ2n) is 9.09. The zero-order chi connectivity index (χ0) is 25.2. The van der Waals surface area contributed by atoms with Crippen LogP contribution in [0.2, 0.25) is 0 Å². The van der Waals surface area contributed by atoms with Crippen molar-refractivity contribution < 1.29 is 4.79 Å². The van der Waals surface area contributed by atoms with Crippen molar-refractivity contribution in [2.45, 2.75) is 13.1 Å². The normalized spacial score (nSPS) is 14.3. The number of amides is 1. The number of rotatable bonds is 6. The predicted molar refractivity (Wildman–Crippen MR) is 139 cm³/mol. The number of aromatic nitrogens is 4. The second-order valence-corrected chi connectivity index (χ2v) is 9.09. The fourth-order valence-electron chi connectivity index (χ4n) is 4.63. The molecule has 1 N–H and O–H groups in total. The highest BCUT2D eigenvalue weighted by Crippen LogP contribution is 2.20. The van der Waals surface area contributed by atoms with Crippen LogP contribution in [0.15, 0.2) is 70.5 Å². The van der Waals surface area contributed by atoms with Gasteiger partial charge in [-0.2, -0.15) is 0 Å². The van der Waals surface area contributed by atoms with Crippen LogP contribution >= 0.6 is 0 Å². The lowest BCUT2D eigenvalue weighted by atomic mass is 10.2. The molecule has 0 bridgehead atoms. The summed E-state index contributed by atoms with van der Waals surface area (Å²) in [6, 6.07) is 18.3. The third-order valence-electron chi connectivity index (χ3n) is 6.67. The quantitative estimate of drug-likeness (QED) is 0.442. The molecule has 5 rings (SSSR count). The number of anilines is 2. The molecule has 186 valence electrons. The Labute approximate surface area is 208 Å². The van der Waals surface area contributed by atoms with Crippen molar-refractivity contribution in [1.29, 1.82) is 0 Å². The highest BCUT2D eigenvalue weighted by molar-refractivity contribution is 5.91. The molecule has 1 amide bonds. The molecule has 2 aromatic carbocycles. The number of nitrogens with zero attached hydrogens (tertiary/aromatic N) is 6. The third kappa shape index (κ3) is 4.67. The number of benzene rings is 2. The first-order valence-corrected chi connectivity index (χ1v) is 11.9. The second kappa shape index (κ2) is 9.82. The van der Waals surface area contributed by atoms with Crippen LogP contribution in [-0.4, -0.2) is 55.7 Å². The SMILES string of the molecule is Cn1c(=O)c2c(ncn2CC(=O)Nc2ccc(N3CCN(Cc4ccccc4)CC3)cc2)n(C)c1=O. The summed E-state index contributed by atoms with van der Waals surface area (Å²) in [6.07, 6.45) is 1.41. The molecule has 0 saturated carbocycles. The number of hydrogen-bond acceptors (Lipinski definition) is 6. The van der Waals surface area contributed by atoms with Crippen molar-refractivity contribution in [3.8, 4) is 0 Å².